The quantitative estimate of drug-likeness (QED) is 0.539. The maximum atomic E-state index is 13.3. The first kappa shape index (κ1) is 24.2. The van der Waals surface area contributed by atoms with Crippen LogP contribution < -0.4 is 11.1 Å². The van der Waals surface area contributed by atoms with E-state index in [1.807, 2.05) is 60.7 Å². The van der Waals surface area contributed by atoms with Crippen molar-refractivity contribution >= 4 is 11.7 Å². The number of Topliss-reactive ketones (excluding diaryl/α,β-unsaturated/α-hetero) is 1. The number of ketones is 1. The van der Waals surface area contributed by atoms with E-state index in [0.717, 1.165) is 24.0 Å². The van der Waals surface area contributed by atoms with Crippen molar-refractivity contribution in [2.75, 3.05) is 0 Å². The first-order valence-electron chi connectivity index (χ1n) is 12.0. The first-order chi connectivity index (χ1) is 15.4. The monoisotopic (exact) mass is 434 g/mol. The predicted molar refractivity (Wildman–Crippen MR) is 130 cm³/mol. The van der Waals surface area contributed by atoms with Gasteiger partial charge < -0.3 is 11.1 Å². The smallest absolute Gasteiger partial charge is 0.241 e. The van der Waals surface area contributed by atoms with E-state index in [4.69, 9.17) is 5.73 Å². The molecule has 4 heteroatoms. The number of rotatable bonds is 9. The molecule has 0 spiro atoms. The zero-order chi connectivity index (χ0) is 23.1. The average molecular weight is 435 g/mol. The summed E-state index contributed by atoms with van der Waals surface area (Å²) in [6.07, 6.45) is 4.41. The van der Waals surface area contributed by atoms with E-state index < -0.39 is 6.04 Å². The van der Waals surface area contributed by atoms with Gasteiger partial charge in [-0.1, -0.05) is 87.9 Å². The van der Waals surface area contributed by atoms with Crippen molar-refractivity contribution in [3.63, 3.8) is 0 Å². The molecule has 2 aromatic carbocycles. The summed E-state index contributed by atoms with van der Waals surface area (Å²) in [5.74, 6) is 1.85. The van der Waals surface area contributed by atoms with Crippen LogP contribution in [0.1, 0.15) is 76.1 Å². The third-order valence-electron chi connectivity index (χ3n) is 7.07. The molecule has 3 rings (SSSR count). The van der Waals surface area contributed by atoms with Gasteiger partial charge in [0.25, 0.3) is 0 Å². The number of benzene rings is 2. The summed E-state index contributed by atoms with van der Waals surface area (Å²) in [6, 6.07) is 18.3. The van der Waals surface area contributed by atoms with Gasteiger partial charge in [-0.3, -0.25) is 9.59 Å². The van der Waals surface area contributed by atoms with Gasteiger partial charge in [-0.05, 0) is 48.1 Å². The molecule has 1 saturated carbocycles. The molecule has 0 bridgehead atoms. The molecular formula is C28H38N2O2. The highest BCUT2D eigenvalue weighted by atomic mass is 16.2. The van der Waals surface area contributed by atoms with E-state index >= 15 is 0 Å². The maximum Gasteiger partial charge on any atom is 0.241 e. The third kappa shape index (κ3) is 6.29. The van der Waals surface area contributed by atoms with Crippen molar-refractivity contribution in [2.45, 2.75) is 65.0 Å². The Bertz CT molecular complexity index is 866. The molecule has 32 heavy (non-hydrogen) atoms. The fourth-order valence-electron chi connectivity index (χ4n) is 5.13. The van der Waals surface area contributed by atoms with E-state index in [0.29, 0.717) is 36.4 Å². The summed E-state index contributed by atoms with van der Waals surface area (Å²) in [6.45, 7) is 6.73. The van der Waals surface area contributed by atoms with E-state index in [9.17, 15) is 9.59 Å². The molecule has 0 unspecified atom stereocenters. The largest absolute Gasteiger partial charge is 0.348 e. The van der Waals surface area contributed by atoms with Gasteiger partial charge in [0.2, 0.25) is 5.91 Å². The SMILES string of the molecule is CC(C)[C@@H]1CC[C@@H](C)C[C@H]1C(=O)CC[C@@H](NC(=O)[C@H](N)c1ccccc1)c1ccccc1. The number of carbonyl (C=O) groups is 2. The Morgan fingerprint density at radius 2 is 1.56 bits per heavy atom. The van der Waals surface area contributed by atoms with Crippen LogP contribution in [0.15, 0.2) is 60.7 Å². The summed E-state index contributed by atoms with van der Waals surface area (Å²) in [4.78, 5) is 26.2. The molecule has 1 amide bonds. The van der Waals surface area contributed by atoms with E-state index in [2.05, 4.69) is 26.1 Å². The van der Waals surface area contributed by atoms with Gasteiger partial charge >= 0.3 is 0 Å². The Morgan fingerprint density at radius 1 is 0.969 bits per heavy atom. The number of nitrogens with two attached hydrogens (primary N) is 1. The lowest BCUT2D eigenvalue weighted by Crippen LogP contribution is -2.37. The Balaban J connectivity index is 1.69. The van der Waals surface area contributed by atoms with Gasteiger partial charge in [0.1, 0.15) is 11.8 Å². The fraction of sp³-hybridized carbons (Fsp3) is 0.500. The van der Waals surface area contributed by atoms with Crippen LogP contribution in [0, 0.1) is 23.7 Å². The van der Waals surface area contributed by atoms with Gasteiger partial charge in [-0.25, -0.2) is 0 Å². The van der Waals surface area contributed by atoms with Crippen molar-refractivity contribution in [3.05, 3.63) is 71.8 Å². The minimum absolute atomic E-state index is 0.137. The van der Waals surface area contributed by atoms with Crippen LogP contribution in [0.3, 0.4) is 0 Å². The minimum atomic E-state index is -0.734. The van der Waals surface area contributed by atoms with Gasteiger partial charge in [0.05, 0.1) is 6.04 Å². The number of nitrogens with one attached hydrogen (secondary N) is 1. The highest BCUT2D eigenvalue weighted by Gasteiger charge is 2.35. The molecule has 0 saturated heterocycles. The van der Waals surface area contributed by atoms with Crippen molar-refractivity contribution < 1.29 is 9.59 Å². The molecule has 172 valence electrons. The number of hydrogen-bond acceptors (Lipinski definition) is 3. The number of carbonyl (C=O) groups excluding carboxylic acids is 2. The first-order valence-corrected chi connectivity index (χ1v) is 12.0. The van der Waals surface area contributed by atoms with Crippen LogP contribution in [0.4, 0.5) is 0 Å². The topological polar surface area (TPSA) is 72.2 Å². The molecule has 1 fully saturated rings. The second kappa shape index (κ2) is 11.4. The van der Waals surface area contributed by atoms with Crippen molar-refractivity contribution in [2.24, 2.45) is 29.4 Å². The van der Waals surface area contributed by atoms with Crippen LogP contribution >= 0.6 is 0 Å². The van der Waals surface area contributed by atoms with Crippen molar-refractivity contribution in [1.82, 2.24) is 5.32 Å². The van der Waals surface area contributed by atoms with Crippen LogP contribution in [0.25, 0.3) is 0 Å². The van der Waals surface area contributed by atoms with Crippen molar-refractivity contribution in [3.8, 4) is 0 Å². The summed E-state index contributed by atoms with van der Waals surface area (Å²) in [5, 5.41) is 3.12. The third-order valence-corrected chi connectivity index (χ3v) is 7.07. The zero-order valence-electron chi connectivity index (χ0n) is 19.7. The second-order valence-electron chi connectivity index (χ2n) is 9.80. The average Bonchev–Trinajstić information content (AvgIpc) is 2.81. The van der Waals surface area contributed by atoms with Gasteiger partial charge in [-0.15, -0.1) is 0 Å². The molecule has 5 atom stereocenters. The second-order valence-corrected chi connectivity index (χ2v) is 9.80. The minimum Gasteiger partial charge on any atom is -0.348 e. The molecule has 2 aromatic rings. The molecule has 1 aliphatic carbocycles. The standard InChI is InChI=1S/C28H38N2O2/c1-19(2)23-15-14-20(3)18-24(23)26(31)17-16-25(21-10-6-4-7-11-21)30-28(32)27(29)22-12-8-5-9-13-22/h4-13,19-20,23-25,27H,14-18,29H2,1-3H3,(H,30,32)/t20-,23+,24-,25-,27-/m1/s1. The molecule has 0 heterocycles. The molecule has 0 aliphatic heterocycles. The molecule has 1 aliphatic rings. The van der Waals surface area contributed by atoms with Crippen LogP contribution in [-0.4, -0.2) is 11.7 Å². The predicted octanol–water partition coefficient (Wildman–Crippen LogP) is 5.60. The van der Waals surface area contributed by atoms with E-state index in [-0.39, 0.29) is 17.9 Å². The molecule has 3 N–H and O–H groups in total. The normalized spacial score (nSPS) is 22.8. The van der Waals surface area contributed by atoms with Gasteiger partial charge in [0.15, 0.2) is 0 Å². The Morgan fingerprint density at radius 3 is 2.16 bits per heavy atom. The van der Waals surface area contributed by atoms with Gasteiger partial charge in [-0.2, -0.15) is 0 Å². The lowest BCUT2D eigenvalue weighted by atomic mass is 9.68. The summed E-state index contributed by atoms with van der Waals surface area (Å²) in [5.41, 5.74) is 8.01. The summed E-state index contributed by atoms with van der Waals surface area (Å²) < 4.78 is 0. The summed E-state index contributed by atoms with van der Waals surface area (Å²) >= 11 is 0. The number of amides is 1. The molecular weight excluding hydrogens is 396 g/mol. The van der Waals surface area contributed by atoms with Crippen LogP contribution in [0.2, 0.25) is 0 Å². The van der Waals surface area contributed by atoms with Crippen LogP contribution in [-0.2, 0) is 9.59 Å². The van der Waals surface area contributed by atoms with E-state index in [1.165, 1.54) is 6.42 Å². The zero-order valence-corrected chi connectivity index (χ0v) is 19.7. The van der Waals surface area contributed by atoms with Crippen molar-refractivity contribution in [1.29, 1.82) is 0 Å². The molecule has 0 aromatic heterocycles. The number of hydrogen-bond donors (Lipinski definition) is 2. The highest BCUT2D eigenvalue weighted by Crippen LogP contribution is 2.39. The van der Waals surface area contributed by atoms with E-state index in [1.54, 1.807) is 0 Å². The summed E-state index contributed by atoms with van der Waals surface area (Å²) in [7, 11) is 0. The highest BCUT2D eigenvalue weighted by molar-refractivity contribution is 5.84. The molecule has 0 radical (unpaired) electrons. The lowest BCUT2D eigenvalue weighted by molar-refractivity contribution is -0.128. The molecule has 4 nitrogen and oxygen atoms in total. The Kier molecular flexibility index (Phi) is 8.63. The maximum absolute atomic E-state index is 13.3. The fourth-order valence-corrected chi connectivity index (χ4v) is 5.13. The Hall–Kier alpha value is -2.46. The Labute approximate surface area is 193 Å². The lowest BCUT2D eigenvalue weighted by Gasteiger charge is -2.36. The van der Waals surface area contributed by atoms with Crippen LogP contribution in [0.5, 0.6) is 0 Å². The van der Waals surface area contributed by atoms with Gasteiger partial charge in [0, 0.05) is 12.3 Å².